The summed E-state index contributed by atoms with van der Waals surface area (Å²) in [6, 6.07) is 7.88. The van der Waals surface area contributed by atoms with E-state index in [1.807, 2.05) is 0 Å². The average molecular weight is 362 g/mol. The zero-order chi connectivity index (χ0) is 18.9. The predicted octanol–water partition coefficient (Wildman–Crippen LogP) is 1.21. The van der Waals surface area contributed by atoms with Gasteiger partial charge in [-0.1, -0.05) is 0 Å². The smallest absolute Gasteiger partial charge is 0.325 e. The summed E-state index contributed by atoms with van der Waals surface area (Å²) in [6.07, 6.45) is 1.34. The van der Waals surface area contributed by atoms with Crippen molar-refractivity contribution >= 4 is 23.5 Å². The van der Waals surface area contributed by atoms with Crippen molar-refractivity contribution < 1.29 is 33.0 Å². The molecule has 1 aromatic heterocycles. The van der Waals surface area contributed by atoms with Crippen molar-refractivity contribution in [1.29, 1.82) is 0 Å². The Labute approximate surface area is 149 Å². The summed E-state index contributed by atoms with van der Waals surface area (Å²) < 4.78 is 19.9. The number of ether oxygens (including phenoxy) is 3. The number of carbonyl (C=O) groups excluding carboxylic acids is 3. The minimum absolute atomic E-state index is 0.0701. The van der Waals surface area contributed by atoms with Gasteiger partial charge in [-0.15, -0.1) is 0 Å². The lowest BCUT2D eigenvalue weighted by atomic mass is 10.2. The highest BCUT2D eigenvalue weighted by molar-refractivity contribution is 5.95. The first-order valence-electron chi connectivity index (χ1n) is 7.52. The molecule has 26 heavy (non-hydrogen) atoms. The number of carbonyl (C=O) groups is 3. The Morgan fingerprint density at radius 2 is 1.92 bits per heavy atom. The van der Waals surface area contributed by atoms with Crippen molar-refractivity contribution in [2.75, 3.05) is 32.7 Å². The summed E-state index contributed by atoms with van der Waals surface area (Å²) in [4.78, 5) is 35.1. The number of furan rings is 1. The van der Waals surface area contributed by atoms with E-state index in [1.54, 1.807) is 24.3 Å². The number of amides is 2. The Morgan fingerprint density at radius 1 is 1.12 bits per heavy atom. The number of benzene rings is 1. The lowest BCUT2D eigenvalue weighted by Gasteiger charge is -2.12. The lowest BCUT2D eigenvalue weighted by Crippen LogP contribution is -2.32. The maximum absolute atomic E-state index is 11.9. The Balaban J connectivity index is 1.79. The van der Waals surface area contributed by atoms with Gasteiger partial charge in [0.2, 0.25) is 0 Å². The molecule has 1 aromatic carbocycles. The fourth-order valence-corrected chi connectivity index (χ4v) is 1.94. The van der Waals surface area contributed by atoms with Crippen LogP contribution in [-0.2, 0) is 14.3 Å². The third-order valence-electron chi connectivity index (χ3n) is 3.18. The first-order chi connectivity index (χ1) is 12.5. The summed E-state index contributed by atoms with van der Waals surface area (Å²) in [5.74, 6) is -0.868. The first kappa shape index (κ1) is 18.8. The Morgan fingerprint density at radius 3 is 2.58 bits per heavy atom. The van der Waals surface area contributed by atoms with Gasteiger partial charge in [-0.3, -0.25) is 14.4 Å². The van der Waals surface area contributed by atoms with Crippen LogP contribution in [0.5, 0.6) is 11.5 Å². The fourth-order valence-electron chi connectivity index (χ4n) is 1.94. The summed E-state index contributed by atoms with van der Waals surface area (Å²) in [7, 11) is 2.95. The van der Waals surface area contributed by atoms with Crippen molar-refractivity contribution in [2.24, 2.45) is 0 Å². The van der Waals surface area contributed by atoms with Gasteiger partial charge in [-0.25, -0.2) is 0 Å². The third kappa shape index (κ3) is 5.26. The van der Waals surface area contributed by atoms with Gasteiger partial charge in [0.1, 0.15) is 18.0 Å². The van der Waals surface area contributed by atoms with Gasteiger partial charge in [-0.2, -0.15) is 0 Å². The lowest BCUT2D eigenvalue weighted by molar-refractivity contribution is -0.146. The monoisotopic (exact) mass is 362 g/mol. The Kier molecular flexibility index (Phi) is 6.60. The first-order valence-corrected chi connectivity index (χ1v) is 7.52. The van der Waals surface area contributed by atoms with Crippen LogP contribution in [0.15, 0.2) is 41.0 Å². The number of methoxy groups -OCH3 is 2. The van der Waals surface area contributed by atoms with Crippen LogP contribution in [0, 0.1) is 0 Å². The normalized spacial score (nSPS) is 9.92. The maximum atomic E-state index is 11.9. The van der Waals surface area contributed by atoms with Gasteiger partial charge in [0.15, 0.2) is 12.4 Å². The van der Waals surface area contributed by atoms with Crippen molar-refractivity contribution in [1.82, 2.24) is 5.32 Å². The second-order valence-corrected chi connectivity index (χ2v) is 4.94. The van der Waals surface area contributed by atoms with Crippen LogP contribution < -0.4 is 20.1 Å². The number of rotatable bonds is 8. The minimum atomic E-state index is -0.766. The molecule has 0 spiro atoms. The molecular weight excluding hydrogens is 344 g/mol. The van der Waals surface area contributed by atoms with Gasteiger partial charge >= 0.3 is 5.97 Å². The molecule has 0 aliphatic rings. The van der Waals surface area contributed by atoms with E-state index >= 15 is 0 Å². The molecule has 0 saturated carbocycles. The molecule has 0 aliphatic heterocycles. The highest BCUT2D eigenvalue weighted by Crippen LogP contribution is 2.28. The highest BCUT2D eigenvalue weighted by Gasteiger charge is 2.14. The van der Waals surface area contributed by atoms with Crippen LogP contribution in [0.4, 0.5) is 5.69 Å². The minimum Gasteiger partial charge on any atom is -0.497 e. The standard InChI is InChI=1S/C17H18N2O7/c1-23-11-5-6-13(24-2)12(8-11)19-15(20)10-26-16(21)9-18-17(22)14-4-3-7-25-14/h3-8H,9-10H2,1-2H3,(H,18,22)(H,19,20). The average Bonchev–Trinajstić information content (AvgIpc) is 3.19. The molecule has 138 valence electrons. The second kappa shape index (κ2) is 9.11. The molecule has 1 heterocycles. The highest BCUT2D eigenvalue weighted by atomic mass is 16.5. The largest absolute Gasteiger partial charge is 0.497 e. The molecule has 0 unspecified atom stereocenters. The van der Waals surface area contributed by atoms with Crippen molar-refractivity contribution in [3.8, 4) is 11.5 Å². The Hall–Kier alpha value is -3.49. The SMILES string of the molecule is COc1ccc(OC)c(NC(=O)COC(=O)CNC(=O)c2ccco2)c1. The number of hydrogen-bond acceptors (Lipinski definition) is 7. The third-order valence-corrected chi connectivity index (χ3v) is 3.18. The molecule has 2 N–H and O–H groups in total. The van der Waals surface area contributed by atoms with Crippen molar-refractivity contribution in [3.05, 3.63) is 42.4 Å². The Bertz CT molecular complexity index is 771. The molecule has 0 radical (unpaired) electrons. The van der Waals surface area contributed by atoms with Gasteiger partial charge in [0.25, 0.3) is 11.8 Å². The molecular formula is C17H18N2O7. The molecule has 0 atom stereocenters. The topological polar surface area (TPSA) is 116 Å². The molecule has 0 fully saturated rings. The number of nitrogens with one attached hydrogen (secondary N) is 2. The van der Waals surface area contributed by atoms with E-state index in [4.69, 9.17) is 18.6 Å². The molecule has 2 rings (SSSR count). The molecule has 0 saturated heterocycles. The molecule has 0 bridgehead atoms. The van der Waals surface area contributed by atoms with Crippen LogP contribution in [-0.4, -0.2) is 45.2 Å². The summed E-state index contributed by atoms with van der Waals surface area (Å²) in [5.41, 5.74) is 0.374. The predicted molar refractivity (Wildman–Crippen MR) is 90.2 cm³/mol. The van der Waals surface area contributed by atoms with Crippen molar-refractivity contribution in [2.45, 2.75) is 0 Å². The van der Waals surface area contributed by atoms with E-state index < -0.39 is 30.9 Å². The van der Waals surface area contributed by atoms with E-state index in [-0.39, 0.29) is 5.76 Å². The van der Waals surface area contributed by atoms with Crippen LogP contribution in [0.25, 0.3) is 0 Å². The quantitative estimate of drug-likeness (QED) is 0.678. The molecule has 0 aliphatic carbocycles. The van der Waals surface area contributed by atoms with Gasteiger partial charge in [0.05, 0.1) is 26.2 Å². The number of anilines is 1. The summed E-state index contributed by atoms with van der Waals surface area (Å²) in [5, 5.41) is 4.87. The zero-order valence-corrected chi connectivity index (χ0v) is 14.2. The number of esters is 1. The van der Waals surface area contributed by atoms with E-state index in [0.717, 1.165) is 0 Å². The molecule has 9 heteroatoms. The number of hydrogen-bond donors (Lipinski definition) is 2. The zero-order valence-electron chi connectivity index (χ0n) is 14.2. The summed E-state index contributed by atoms with van der Waals surface area (Å²) in [6.45, 7) is -0.912. The van der Waals surface area contributed by atoms with Crippen LogP contribution >= 0.6 is 0 Å². The second-order valence-electron chi connectivity index (χ2n) is 4.94. The van der Waals surface area contributed by atoms with Crippen LogP contribution in [0.2, 0.25) is 0 Å². The van der Waals surface area contributed by atoms with Crippen LogP contribution in [0.1, 0.15) is 10.6 Å². The van der Waals surface area contributed by atoms with Gasteiger partial charge in [-0.05, 0) is 24.3 Å². The van der Waals surface area contributed by atoms with Crippen molar-refractivity contribution in [3.63, 3.8) is 0 Å². The molecule has 2 amide bonds. The molecule has 9 nitrogen and oxygen atoms in total. The van der Waals surface area contributed by atoms with Gasteiger partial charge < -0.3 is 29.3 Å². The van der Waals surface area contributed by atoms with E-state index in [2.05, 4.69) is 10.6 Å². The van der Waals surface area contributed by atoms with E-state index in [1.165, 1.54) is 26.5 Å². The molecule has 2 aromatic rings. The van der Waals surface area contributed by atoms with E-state index in [0.29, 0.717) is 17.2 Å². The van der Waals surface area contributed by atoms with Gasteiger partial charge in [0, 0.05) is 6.07 Å². The maximum Gasteiger partial charge on any atom is 0.325 e. The van der Waals surface area contributed by atoms with E-state index in [9.17, 15) is 14.4 Å². The fraction of sp³-hybridized carbons (Fsp3) is 0.235. The summed E-state index contributed by atoms with van der Waals surface area (Å²) >= 11 is 0. The van der Waals surface area contributed by atoms with Crippen LogP contribution in [0.3, 0.4) is 0 Å².